The van der Waals surface area contributed by atoms with Crippen molar-refractivity contribution in [3.05, 3.63) is 106 Å². The molecule has 0 aliphatic carbocycles. The van der Waals surface area contributed by atoms with E-state index in [2.05, 4.69) is 0 Å². The van der Waals surface area contributed by atoms with Gasteiger partial charge >= 0.3 is 5.97 Å². The lowest BCUT2D eigenvalue weighted by Gasteiger charge is -2.28. The Balaban J connectivity index is 1.80. The standard InChI is InChI=1S/C26H23NO5/c1-16-6-8-18(9-7-16)22-23(19-10-12-20(13-11-19)26(30)31)27(25(29)24(22)28)15-17-4-3-5-21(14-17)32-2/h3-14,23,28H,15H2,1-2H3,(H,30,31). The maximum absolute atomic E-state index is 13.2. The third-order valence-electron chi connectivity index (χ3n) is 5.63. The van der Waals surface area contributed by atoms with Crippen LogP contribution in [0.15, 0.2) is 78.6 Å². The number of aliphatic hydroxyl groups excluding tert-OH is 1. The van der Waals surface area contributed by atoms with Crippen LogP contribution in [0, 0.1) is 6.92 Å². The molecule has 1 aliphatic heterocycles. The van der Waals surface area contributed by atoms with Gasteiger partial charge in [-0.25, -0.2) is 4.79 Å². The maximum Gasteiger partial charge on any atom is 0.335 e. The van der Waals surface area contributed by atoms with Crippen molar-refractivity contribution >= 4 is 17.4 Å². The molecule has 0 fully saturated rings. The number of aromatic carboxylic acids is 1. The van der Waals surface area contributed by atoms with E-state index < -0.39 is 17.9 Å². The Kier molecular flexibility index (Phi) is 5.69. The first-order chi connectivity index (χ1) is 15.4. The molecule has 32 heavy (non-hydrogen) atoms. The first kappa shape index (κ1) is 21.2. The minimum absolute atomic E-state index is 0.155. The summed E-state index contributed by atoms with van der Waals surface area (Å²) in [5.41, 5.74) is 4.02. The van der Waals surface area contributed by atoms with Crippen molar-refractivity contribution in [2.75, 3.05) is 7.11 Å². The monoisotopic (exact) mass is 429 g/mol. The van der Waals surface area contributed by atoms with Gasteiger partial charge in [0.05, 0.1) is 18.7 Å². The Hall–Kier alpha value is -4.06. The second kappa shape index (κ2) is 8.59. The largest absolute Gasteiger partial charge is 0.503 e. The average molecular weight is 429 g/mol. The molecule has 0 radical (unpaired) electrons. The van der Waals surface area contributed by atoms with Gasteiger partial charge in [0.15, 0.2) is 5.76 Å². The molecule has 6 heteroatoms. The summed E-state index contributed by atoms with van der Waals surface area (Å²) < 4.78 is 5.30. The Morgan fingerprint density at radius 2 is 1.72 bits per heavy atom. The molecule has 0 bridgehead atoms. The quantitative estimate of drug-likeness (QED) is 0.590. The Morgan fingerprint density at radius 1 is 1.03 bits per heavy atom. The van der Waals surface area contributed by atoms with E-state index in [1.807, 2.05) is 55.5 Å². The van der Waals surface area contributed by atoms with Crippen LogP contribution >= 0.6 is 0 Å². The molecule has 1 heterocycles. The van der Waals surface area contributed by atoms with Crippen LogP contribution in [-0.4, -0.2) is 34.1 Å². The first-order valence-electron chi connectivity index (χ1n) is 10.2. The lowest BCUT2D eigenvalue weighted by Crippen LogP contribution is -2.29. The lowest BCUT2D eigenvalue weighted by atomic mass is 9.92. The van der Waals surface area contributed by atoms with E-state index >= 15 is 0 Å². The average Bonchev–Trinajstić information content (AvgIpc) is 3.05. The molecule has 0 saturated heterocycles. The van der Waals surface area contributed by atoms with Crippen molar-refractivity contribution in [2.24, 2.45) is 0 Å². The van der Waals surface area contributed by atoms with Gasteiger partial charge in [0.2, 0.25) is 0 Å². The van der Waals surface area contributed by atoms with Gasteiger partial charge in [-0.2, -0.15) is 0 Å². The van der Waals surface area contributed by atoms with Crippen LogP contribution in [0.2, 0.25) is 0 Å². The minimum Gasteiger partial charge on any atom is -0.503 e. The summed E-state index contributed by atoms with van der Waals surface area (Å²) >= 11 is 0. The van der Waals surface area contributed by atoms with E-state index in [-0.39, 0.29) is 17.9 Å². The molecule has 3 aromatic rings. The molecule has 1 atom stereocenters. The van der Waals surface area contributed by atoms with Crippen molar-refractivity contribution in [2.45, 2.75) is 19.5 Å². The Bertz CT molecular complexity index is 1200. The molecule has 4 rings (SSSR count). The molecule has 1 amide bonds. The highest BCUT2D eigenvalue weighted by molar-refractivity contribution is 6.05. The topological polar surface area (TPSA) is 87.1 Å². The van der Waals surface area contributed by atoms with Gasteiger partial charge in [0, 0.05) is 12.1 Å². The number of hydrogen-bond donors (Lipinski definition) is 2. The van der Waals surface area contributed by atoms with Crippen LogP contribution in [0.1, 0.15) is 38.7 Å². The molecule has 2 N–H and O–H groups in total. The number of nitrogens with zero attached hydrogens (tertiary/aromatic N) is 1. The van der Waals surface area contributed by atoms with Gasteiger partial charge in [-0.15, -0.1) is 0 Å². The summed E-state index contributed by atoms with van der Waals surface area (Å²) in [7, 11) is 1.58. The van der Waals surface area contributed by atoms with Crippen LogP contribution in [0.25, 0.3) is 5.57 Å². The summed E-state index contributed by atoms with van der Waals surface area (Å²) in [5, 5.41) is 20.1. The molecule has 162 valence electrons. The zero-order valence-corrected chi connectivity index (χ0v) is 17.8. The number of aryl methyl sites for hydroxylation is 1. The predicted molar refractivity (Wildman–Crippen MR) is 120 cm³/mol. The number of carboxylic acids is 1. The second-order valence-electron chi connectivity index (χ2n) is 7.74. The number of rotatable bonds is 6. The molecule has 3 aromatic carbocycles. The van der Waals surface area contributed by atoms with Crippen LogP contribution < -0.4 is 4.74 Å². The summed E-state index contributed by atoms with van der Waals surface area (Å²) in [5.74, 6) is -1.13. The number of methoxy groups -OCH3 is 1. The number of carboxylic acid groups (broad SMARTS) is 1. The van der Waals surface area contributed by atoms with Gasteiger partial charge < -0.3 is 19.8 Å². The van der Waals surface area contributed by atoms with Gasteiger partial charge in [-0.1, -0.05) is 54.1 Å². The molecule has 6 nitrogen and oxygen atoms in total. The van der Waals surface area contributed by atoms with Gasteiger partial charge in [-0.05, 0) is 47.9 Å². The molecule has 0 saturated carbocycles. The first-order valence-corrected chi connectivity index (χ1v) is 10.2. The van der Waals surface area contributed by atoms with Crippen molar-refractivity contribution in [3.63, 3.8) is 0 Å². The zero-order valence-electron chi connectivity index (χ0n) is 17.8. The van der Waals surface area contributed by atoms with Crippen molar-refractivity contribution in [1.82, 2.24) is 4.90 Å². The number of carbonyl (C=O) groups is 2. The number of amides is 1. The highest BCUT2D eigenvalue weighted by atomic mass is 16.5. The fourth-order valence-electron chi connectivity index (χ4n) is 3.97. The normalized spacial score (nSPS) is 15.9. The number of carbonyl (C=O) groups excluding carboxylic acids is 1. The lowest BCUT2D eigenvalue weighted by molar-refractivity contribution is -0.130. The van der Waals surface area contributed by atoms with Crippen LogP contribution in [0.3, 0.4) is 0 Å². The molecular weight excluding hydrogens is 406 g/mol. The van der Waals surface area contributed by atoms with Crippen LogP contribution in [0.5, 0.6) is 5.75 Å². The van der Waals surface area contributed by atoms with Crippen molar-refractivity contribution in [1.29, 1.82) is 0 Å². The molecule has 1 unspecified atom stereocenters. The van der Waals surface area contributed by atoms with E-state index in [4.69, 9.17) is 4.74 Å². The number of ether oxygens (including phenoxy) is 1. The summed E-state index contributed by atoms with van der Waals surface area (Å²) in [6.07, 6.45) is 0. The predicted octanol–water partition coefficient (Wildman–Crippen LogP) is 4.75. The summed E-state index contributed by atoms with van der Waals surface area (Å²) in [6, 6.07) is 20.8. The summed E-state index contributed by atoms with van der Waals surface area (Å²) in [4.78, 5) is 26.1. The minimum atomic E-state index is -1.02. The highest BCUT2D eigenvalue weighted by Gasteiger charge is 2.41. The van der Waals surface area contributed by atoms with Crippen LogP contribution in [0.4, 0.5) is 0 Å². The van der Waals surface area contributed by atoms with E-state index in [0.717, 1.165) is 16.7 Å². The van der Waals surface area contributed by atoms with E-state index in [0.29, 0.717) is 16.9 Å². The number of benzene rings is 3. The Morgan fingerprint density at radius 3 is 2.34 bits per heavy atom. The third-order valence-corrected chi connectivity index (χ3v) is 5.63. The van der Waals surface area contributed by atoms with Crippen molar-refractivity contribution < 1.29 is 24.5 Å². The molecule has 1 aliphatic rings. The summed E-state index contributed by atoms with van der Waals surface area (Å²) in [6.45, 7) is 2.22. The van der Waals surface area contributed by atoms with Gasteiger partial charge in [0.1, 0.15) is 5.75 Å². The van der Waals surface area contributed by atoms with Crippen molar-refractivity contribution in [3.8, 4) is 5.75 Å². The number of hydrogen-bond acceptors (Lipinski definition) is 4. The fourth-order valence-corrected chi connectivity index (χ4v) is 3.97. The molecular formula is C26H23NO5. The molecule has 0 spiro atoms. The van der Waals surface area contributed by atoms with Gasteiger partial charge in [-0.3, -0.25) is 4.79 Å². The maximum atomic E-state index is 13.2. The smallest absolute Gasteiger partial charge is 0.335 e. The zero-order chi connectivity index (χ0) is 22.8. The van der Waals surface area contributed by atoms with E-state index in [1.54, 1.807) is 24.1 Å². The van der Waals surface area contributed by atoms with Crippen LogP contribution in [-0.2, 0) is 11.3 Å². The highest BCUT2D eigenvalue weighted by Crippen LogP contribution is 2.44. The van der Waals surface area contributed by atoms with Gasteiger partial charge in [0.25, 0.3) is 5.91 Å². The van der Waals surface area contributed by atoms with E-state index in [1.165, 1.54) is 12.1 Å². The van der Waals surface area contributed by atoms with E-state index in [9.17, 15) is 19.8 Å². The molecule has 0 aromatic heterocycles. The third kappa shape index (κ3) is 3.95. The number of aliphatic hydroxyl groups is 1. The fraction of sp³-hybridized carbons (Fsp3) is 0.154. The second-order valence-corrected chi connectivity index (χ2v) is 7.74. The Labute approximate surface area is 186 Å². The SMILES string of the molecule is COc1cccc(CN2C(=O)C(O)=C(c3ccc(C)cc3)C2c2ccc(C(=O)O)cc2)c1.